The summed E-state index contributed by atoms with van der Waals surface area (Å²) in [6.45, 7) is 5.02. The molecule has 0 saturated heterocycles. The lowest BCUT2D eigenvalue weighted by molar-refractivity contribution is 1.07. The van der Waals surface area contributed by atoms with Gasteiger partial charge in [-0.05, 0) is 26.0 Å². The Morgan fingerprint density at radius 2 is 2.11 bits per heavy atom. The van der Waals surface area contributed by atoms with Crippen molar-refractivity contribution in [2.24, 2.45) is 0 Å². The van der Waals surface area contributed by atoms with Crippen molar-refractivity contribution in [3.63, 3.8) is 0 Å². The van der Waals surface area contributed by atoms with Crippen LogP contribution in [0.5, 0.6) is 0 Å². The van der Waals surface area contributed by atoms with Gasteiger partial charge in [0.25, 0.3) is 0 Å². The topological polar surface area (TPSA) is 37.8 Å². The van der Waals surface area contributed by atoms with E-state index >= 15 is 0 Å². The molecule has 2 rings (SSSR count). The molecule has 1 heterocycles. The lowest BCUT2D eigenvalue weighted by Crippen LogP contribution is -2.00. The van der Waals surface area contributed by atoms with Gasteiger partial charge in [-0.2, -0.15) is 0 Å². The van der Waals surface area contributed by atoms with Gasteiger partial charge in [-0.1, -0.05) is 17.7 Å². The maximum Gasteiger partial charge on any atom is 0.144 e. The molecule has 0 amide bonds. The Kier molecular flexibility index (Phi) is 4.59. The Morgan fingerprint density at radius 3 is 2.78 bits per heavy atom. The molecule has 0 saturated carbocycles. The van der Waals surface area contributed by atoms with E-state index in [2.05, 4.69) is 46.5 Å². The van der Waals surface area contributed by atoms with Crippen LogP contribution in [-0.4, -0.2) is 16.5 Å². The molecular weight excluding hydrogens is 242 g/mol. The van der Waals surface area contributed by atoms with Crippen molar-refractivity contribution in [2.75, 3.05) is 11.9 Å². The quantitative estimate of drug-likeness (QED) is 0.834. The van der Waals surface area contributed by atoms with Crippen LogP contribution >= 0.6 is 11.8 Å². The Hall–Kier alpha value is -1.55. The zero-order valence-electron chi connectivity index (χ0n) is 10.7. The second-order valence-electron chi connectivity index (χ2n) is 4.03. The number of hydrogen-bond donors (Lipinski definition) is 1. The largest absolute Gasteiger partial charge is 0.369 e. The van der Waals surface area contributed by atoms with Crippen LogP contribution in [0.1, 0.15) is 18.2 Å². The molecule has 18 heavy (non-hydrogen) atoms. The average molecular weight is 259 g/mol. The Bertz CT molecular complexity index is 497. The van der Waals surface area contributed by atoms with Crippen LogP contribution in [0.3, 0.4) is 0 Å². The first-order valence-corrected chi connectivity index (χ1v) is 7.00. The van der Waals surface area contributed by atoms with Crippen LogP contribution < -0.4 is 5.32 Å². The molecule has 0 unspecified atom stereocenters. The molecule has 3 nitrogen and oxygen atoms in total. The number of thioether (sulfide) groups is 1. The molecule has 2 aromatic rings. The normalized spacial score (nSPS) is 10.3. The fourth-order valence-electron chi connectivity index (χ4n) is 1.56. The molecule has 0 aliphatic heterocycles. The molecule has 0 fully saturated rings. The smallest absolute Gasteiger partial charge is 0.144 e. The van der Waals surface area contributed by atoms with Crippen molar-refractivity contribution in [1.82, 2.24) is 9.97 Å². The van der Waals surface area contributed by atoms with Gasteiger partial charge >= 0.3 is 0 Å². The van der Waals surface area contributed by atoms with E-state index in [1.54, 1.807) is 18.0 Å². The first-order chi connectivity index (χ1) is 8.78. The van der Waals surface area contributed by atoms with Gasteiger partial charge in [-0.3, -0.25) is 4.98 Å². The lowest BCUT2D eigenvalue weighted by atomic mass is 10.2. The van der Waals surface area contributed by atoms with Crippen LogP contribution in [0.4, 0.5) is 5.82 Å². The van der Waals surface area contributed by atoms with Gasteiger partial charge in [0.2, 0.25) is 0 Å². The van der Waals surface area contributed by atoms with Gasteiger partial charge in [-0.25, -0.2) is 4.98 Å². The van der Waals surface area contributed by atoms with Crippen molar-refractivity contribution < 1.29 is 0 Å². The third-order valence-electron chi connectivity index (χ3n) is 2.44. The molecule has 1 aromatic carbocycles. The number of aromatic nitrogens is 2. The maximum atomic E-state index is 4.39. The summed E-state index contributed by atoms with van der Waals surface area (Å²) < 4.78 is 0. The van der Waals surface area contributed by atoms with E-state index in [0.717, 1.165) is 23.8 Å². The second kappa shape index (κ2) is 6.40. The SMILES string of the molecule is CCNc1cnc(CSc2cccc(C)c2)cn1. The first-order valence-electron chi connectivity index (χ1n) is 6.02. The minimum Gasteiger partial charge on any atom is -0.369 e. The van der Waals surface area contributed by atoms with Crippen molar-refractivity contribution in [3.8, 4) is 0 Å². The number of rotatable bonds is 5. The number of nitrogens with zero attached hydrogens (tertiary/aromatic N) is 2. The highest BCUT2D eigenvalue weighted by molar-refractivity contribution is 7.98. The van der Waals surface area contributed by atoms with Gasteiger partial charge < -0.3 is 5.32 Å². The molecule has 94 valence electrons. The number of benzene rings is 1. The number of anilines is 1. The molecule has 0 bridgehead atoms. The minimum atomic E-state index is 0.835. The number of nitrogens with one attached hydrogen (secondary N) is 1. The monoisotopic (exact) mass is 259 g/mol. The van der Waals surface area contributed by atoms with E-state index in [0.29, 0.717) is 0 Å². The van der Waals surface area contributed by atoms with E-state index in [1.807, 2.05) is 13.1 Å². The number of aryl methyl sites for hydroxylation is 1. The van der Waals surface area contributed by atoms with Gasteiger partial charge in [0.1, 0.15) is 5.82 Å². The molecular formula is C14H17N3S. The zero-order chi connectivity index (χ0) is 12.8. The average Bonchev–Trinajstić information content (AvgIpc) is 2.38. The summed E-state index contributed by atoms with van der Waals surface area (Å²) in [5, 5.41) is 3.14. The zero-order valence-corrected chi connectivity index (χ0v) is 11.5. The predicted molar refractivity (Wildman–Crippen MR) is 76.9 cm³/mol. The van der Waals surface area contributed by atoms with E-state index in [-0.39, 0.29) is 0 Å². The van der Waals surface area contributed by atoms with Crippen LogP contribution in [0.2, 0.25) is 0 Å². The van der Waals surface area contributed by atoms with E-state index in [1.165, 1.54) is 10.5 Å². The molecule has 0 aliphatic carbocycles. The summed E-state index contributed by atoms with van der Waals surface area (Å²) in [7, 11) is 0. The van der Waals surface area contributed by atoms with Crippen molar-refractivity contribution >= 4 is 17.6 Å². The standard InChI is InChI=1S/C14H17N3S/c1-3-15-14-9-16-12(8-17-14)10-18-13-6-4-5-11(2)7-13/h4-9H,3,10H2,1-2H3,(H,15,17). The summed E-state index contributed by atoms with van der Waals surface area (Å²) in [6.07, 6.45) is 3.62. The predicted octanol–water partition coefficient (Wildman–Crippen LogP) is 3.51. The summed E-state index contributed by atoms with van der Waals surface area (Å²) in [4.78, 5) is 9.97. The lowest BCUT2D eigenvalue weighted by Gasteiger charge is -2.04. The van der Waals surface area contributed by atoms with Crippen LogP contribution in [-0.2, 0) is 5.75 Å². The van der Waals surface area contributed by atoms with Gasteiger partial charge in [0, 0.05) is 17.2 Å². The highest BCUT2D eigenvalue weighted by Crippen LogP contribution is 2.22. The molecule has 1 N–H and O–H groups in total. The highest BCUT2D eigenvalue weighted by atomic mass is 32.2. The van der Waals surface area contributed by atoms with Gasteiger partial charge in [0.05, 0.1) is 18.1 Å². The minimum absolute atomic E-state index is 0.835. The summed E-state index contributed by atoms with van der Waals surface area (Å²) in [6, 6.07) is 8.50. The molecule has 4 heteroatoms. The summed E-state index contributed by atoms with van der Waals surface area (Å²) in [5.74, 6) is 1.69. The molecule has 1 aromatic heterocycles. The van der Waals surface area contributed by atoms with Crippen LogP contribution in [0, 0.1) is 6.92 Å². The first kappa shape index (κ1) is 12.9. The fraction of sp³-hybridized carbons (Fsp3) is 0.286. The van der Waals surface area contributed by atoms with Gasteiger partial charge in [-0.15, -0.1) is 11.8 Å². The van der Waals surface area contributed by atoms with Gasteiger partial charge in [0.15, 0.2) is 0 Å². The Balaban J connectivity index is 1.93. The van der Waals surface area contributed by atoms with Crippen molar-refractivity contribution in [3.05, 3.63) is 47.9 Å². The maximum absolute atomic E-state index is 4.39. The van der Waals surface area contributed by atoms with Crippen molar-refractivity contribution in [1.29, 1.82) is 0 Å². The Morgan fingerprint density at radius 1 is 1.22 bits per heavy atom. The van der Waals surface area contributed by atoms with Crippen LogP contribution in [0.15, 0.2) is 41.6 Å². The second-order valence-corrected chi connectivity index (χ2v) is 5.08. The van der Waals surface area contributed by atoms with E-state index in [4.69, 9.17) is 0 Å². The Labute approximate surface area is 112 Å². The number of hydrogen-bond acceptors (Lipinski definition) is 4. The van der Waals surface area contributed by atoms with Crippen LogP contribution in [0.25, 0.3) is 0 Å². The molecule has 0 aliphatic rings. The third-order valence-corrected chi connectivity index (χ3v) is 3.47. The highest BCUT2D eigenvalue weighted by Gasteiger charge is 1.99. The fourth-order valence-corrected chi connectivity index (χ4v) is 2.47. The van der Waals surface area contributed by atoms with E-state index in [9.17, 15) is 0 Å². The van der Waals surface area contributed by atoms with E-state index < -0.39 is 0 Å². The summed E-state index contributed by atoms with van der Waals surface area (Å²) >= 11 is 1.78. The third kappa shape index (κ3) is 3.74. The summed E-state index contributed by atoms with van der Waals surface area (Å²) in [5.41, 5.74) is 2.29. The molecule has 0 atom stereocenters. The molecule has 0 spiro atoms. The van der Waals surface area contributed by atoms with Crippen molar-refractivity contribution in [2.45, 2.75) is 24.5 Å². The molecule has 0 radical (unpaired) electrons.